The topological polar surface area (TPSA) is 70.2 Å². The van der Waals surface area contributed by atoms with Gasteiger partial charge in [0, 0.05) is 23.7 Å². The number of para-hydroxylation sites is 1. The van der Waals surface area contributed by atoms with Crippen molar-refractivity contribution in [1.82, 2.24) is 14.5 Å². The lowest BCUT2D eigenvalue weighted by Crippen LogP contribution is -2.24. The number of thioether (sulfide) groups is 1. The van der Waals surface area contributed by atoms with Gasteiger partial charge in [-0.25, -0.2) is 9.97 Å². The number of ether oxygens (including phenoxy) is 1. The fraction of sp³-hybridized carbons (Fsp3) is 0.292. The standard InChI is InChI=1S/C24H24ClN3O3S/c1-16(2)30-12-6-11-28-23(29)19-9-3-4-10-20(19)27-24(28)32-15-22-26-14-21(31-22)17-7-5-8-18(25)13-17/h3-5,7-10,13-14,16H,6,11-12,15H2,1-2H3. The fourth-order valence-electron chi connectivity index (χ4n) is 3.28. The van der Waals surface area contributed by atoms with Crippen LogP contribution in [-0.4, -0.2) is 27.2 Å². The Morgan fingerprint density at radius 3 is 2.84 bits per heavy atom. The molecular weight excluding hydrogens is 446 g/mol. The summed E-state index contributed by atoms with van der Waals surface area (Å²) in [6, 6.07) is 14.8. The molecule has 166 valence electrons. The van der Waals surface area contributed by atoms with Crippen LogP contribution in [0.2, 0.25) is 5.02 Å². The molecule has 0 saturated carbocycles. The highest BCUT2D eigenvalue weighted by Crippen LogP contribution is 2.27. The summed E-state index contributed by atoms with van der Waals surface area (Å²) in [7, 11) is 0. The van der Waals surface area contributed by atoms with Gasteiger partial charge in [0.05, 0.1) is 29.0 Å². The molecule has 8 heteroatoms. The summed E-state index contributed by atoms with van der Waals surface area (Å²) >= 11 is 7.51. The largest absolute Gasteiger partial charge is 0.440 e. The number of hydrogen-bond acceptors (Lipinski definition) is 6. The van der Waals surface area contributed by atoms with Gasteiger partial charge in [0.2, 0.25) is 5.89 Å². The second-order valence-electron chi connectivity index (χ2n) is 7.56. The Hall–Kier alpha value is -2.61. The van der Waals surface area contributed by atoms with Gasteiger partial charge in [-0.3, -0.25) is 9.36 Å². The maximum atomic E-state index is 13.1. The Morgan fingerprint density at radius 2 is 2.03 bits per heavy atom. The zero-order chi connectivity index (χ0) is 22.5. The summed E-state index contributed by atoms with van der Waals surface area (Å²) in [5.74, 6) is 1.66. The van der Waals surface area contributed by atoms with Crippen LogP contribution in [0.1, 0.15) is 26.2 Å². The van der Waals surface area contributed by atoms with Gasteiger partial charge in [-0.15, -0.1) is 0 Å². The number of halogens is 1. The third kappa shape index (κ3) is 5.41. The van der Waals surface area contributed by atoms with Crippen LogP contribution in [0.15, 0.2) is 69.1 Å². The molecule has 32 heavy (non-hydrogen) atoms. The third-order valence-electron chi connectivity index (χ3n) is 4.79. The van der Waals surface area contributed by atoms with Gasteiger partial charge in [-0.2, -0.15) is 0 Å². The van der Waals surface area contributed by atoms with Gasteiger partial charge in [0.1, 0.15) is 0 Å². The van der Waals surface area contributed by atoms with E-state index in [1.165, 1.54) is 11.8 Å². The number of nitrogens with zero attached hydrogens (tertiary/aromatic N) is 3. The summed E-state index contributed by atoms with van der Waals surface area (Å²) in [5.41, 5.74) is 1.50. The van der Waals surface area contributed by atoms with E-state index in [0.717, 1.165) is 12.0 Å². The first-order valence-corrected chi connectivity index (χ1v) is 11.8. The summed E-state index contributed by atoms with van der Waals surface area (Å²) in [6.45, 7) is 5.12. The lowest BCUT2D eigenvalue weighted by molar-refractivity contribution is 0.0743. The Kier molecular flexibility index (Phi) is 7.29. The zero-order valence-corrected chi connectivity index (χ0v) is 19.5. The number of benzene rings is 2. The van der Waals surface area contributed by atoms with E-state index in [0.29, 0.717) is 51.6 Å². The molecule has 0 radical (unpaired) electrons. The molecule has 0 aliphatic heterocycles. The lowest BCUT2D eigenvalue weighted by Gasteiger charge is -2.13. The second kappa shape index (κ2) is 10.3. The first-order valence-electron chi connectivity index (χ1n) is 10.5. The van der Waals surface area contributed by atoms with Crippen LogP contribution in [0.5, 0.6) is 0 Å². The highest BCUT2D eigenvalue weighted by atomic mass is 35.5. The predicted molar refractivity (Wildman–Crippen MR) is 128 cm³/mol. The summed E-state index contributed by atoms with van der Waals surface area (Å²) in [6.07, 6.45) is 2.57. The molecule has 0 amide bonds. The molecule has 4 aromatic rings. The van der Waals surface area contributed by atoms with Crippen LogP contribution >= 0.6 is 23.4 Å². The first-order chi connectivity index (χ1) is 15.5. The van der Waals surface area contributed by atoms with Crippen molar-refractivity contribution in [2.45, 2.75) is 43.8 Å². The smallest absolute Gasteiger partial charge is 0.262 e. The molecule has 0 atom stereocenters. The second-order valence-corrected chi connectivity index (χ2v) is 8.94. The van der Waals surface area contributed by atoms with Crippen molar-refractivity contribution in [2.75, 3.05) is 6.61 Å². The number of rotatable bonds is 9. The van der Waals surface area contributed by atoms with Crippen molar-refractivity contribution in [2.24, 2.45) is 0 Å². The van der Waals surface area contributed by atoms with E-state index >= 15 is 0 Å². The number of fused-ring (bicyclic) bond motifs is 1. The molecule has 2 heterocycles. The fourth-order valence-corrected chi connectivity index (χ4v) is 4.34. The summed E-state index contributed by atoms with van der Waals surface area (Å²) in [5, 5.41) is 1.89. The number of oxazole rings is 1. The van der Waals surface area contributed by atoms with Gasteiger partial charge in [0.15, 0.2) is 10.9 Å². The van der Waals surface area contributed by atoms with Gasteiger partial charge in [-0.1, -0.05) is 47.6 Å². The minimum absolute atomic E-state index is 0.0466. The van der Waals surface area contributed by atoms with Crippen LogP contribution < -0.4 is 5.56 Å². The molecule has 0 aliphatic rings. The van der Waals surface area contributed by atoms with Gasteiger partial charge in [-0.05, 0) is 44.5 Å². The highest BCUT2D eigenvalue weighted by Gasteiger charge is 2.14. The number of hydrogen-bond donors (Lipinski definition) is 0. The zero-order valence-electron chi connectivity index (χ0n) is 18.0. The van der Waals surface area contributed by atoms with E-state index < -0.39 is 0 Å². The van der Waals surface area contributed by atoms with Crippen molar-refractivity contribution in [1.29, 1.82) is 0 Å². The van der Waals surface area contributed by atoms with Crippen molar-refractivity contribution in [3.8, 4) is 11.3 Å². The average Bonchev–Trinajstić information content (AvgIpc) is 3.26. The van der Waals surface area contributed by atoms with Gasteiger partial charge in [0.25, 0.3) is 5.56 Å². The molecule has 2 aromatic heterocycles. The predicted octanol–water partition coefficient (Wildman–Crippen LogP) is 5.81. The van der Waals surface area contributed by atoms with Crippen molar-refractivity contribution < 1.29 is 9.15 Å². The monoisotopic (exact) mass is 469 g/mol. The maximum absolute atomic E-state index is 13.1. The molecule has 4 rings (SSSR count). The Bertz CT molecular complexity index is 1270. The molecule has 0 unspecified atom stereocenters. The van der Waals surface area contributed by atoms with Gasteiger partial charge < -0.3 is 9.15 Å². The van der Waals surface area contributed by atoms with E-state index in [1.807, 2.05) is 62.4 Å². The normalized spacial score (nSPS) is 11.5. The minimum atomic E-state index is -0.0466. The Balaban J connectivity index is 1.55. The lowest BCUT2D eigenvalue weighted by atomic mass is 10.2. The molecule has 6 nitrogen and oxygen atoms in total. The van der Waals surface area contributed by atoms with Crippen LogP contribution in [0.4, 0.5) is 0 Å². The van der Waals surface area contributed by atoms with Crippen molar-refractivity contribution in [3.05, 3.63) is 76.0 Å². The number of aromatic nitrogens is 3. The summed E-state index contributed by atoms with van der Waals surface area (Å²) < 4.78 is 13.3. The SMILES string of the molecule is CC(C)OCCCn1c(SCc2ncc(-c3cccc(Cl)c3)o2)nc2ccccc2c1=O. The van der Waals surface area contributed by atoms with Crippen molar-refractivity contribution >= 4 is 34.3 Å². The molecule has 0 fully saturated rings. The van der Waals surface area contributed by atoms with E-state index in [2.05, 4.69) is 4.98 Å². The van der Waals surface area contributed by atoms with Crippen LogP contribution in [0.25, 0.3) is 22.2 Å². The van der Waals surface area contributed by atoms with Crippen LogP contribution in [0, 0.1) is 0 Å². The van der Waals surface area contributed by atoms with E-state index in [4.69, 9.17) is 25.7 Å². The minimum Gasteiger partial charge on any atom is -0.440 e. The molecule has 0 spiro atoms. The molecule has 0 aliphatic carbocycles. The quantitative estimate of drug-likeness (QED) is 0.175. The average molecular weight is 470 g/mol. The third-order valence-corrected chi connectivity index (χ3v) is 5.99. The molecular formula is C24H24ClN3O3S. The van der Waals surface area contributed by atoms with Crippen molar-refractivity contribution in [3.63, 3.8) is 0 Å². The molecule has 2 aromatic carbocycles. The van der Waals surface area contributed by atoms with E-state index in [-0.39, 0.29) is 11.7 Å². The molecule has 0 N–H and O–H groups in total. The van der Waals surface area contributed by atoms with E-state index in [9.17, 15) is 4.79 Å². The highest BCUT2D eigenvalue weighted by molar-refractivity contribution is 7.98. The molecule has 0 saturated heterocycles. The Morgan fingerprint density at radius 1 is 1.19 bits per heavy atom. The molecule has 0 bridgehead atoms. The summed E-state index contributed by atoms with van der Waals surface area (Å²) in [4.78, 5) is 22.2. The van der Waals surface area contributed by atoms with Crippen LogP contribution in [0.3, 0.4) is 0 Å². The van der Waals surface area contributed by atoms with Gasteiger partial charge >= 0.3 is 0 Å². The maximum Gasteiger partial charge on any atom is 0.262 e. The first kappa shape index (κ1) is 22.6. The van der Waals surface area contributed by atoms with Crippen LogP contribution in [-0.2, 0) is 17.0 Å². The Labute approximate surface area is 195 Å². The van der Waals surface area contributed by atoms with E-state index in [1.54, 1.807) is 10.8 Å².